The molecular formula is C11H16Cl2N4. The Labute approximate surface area is 111 Å². The van der Waals surface area contributed by atoms with Crippen LogP contribution in [0.1, 0.15) is 33.1 Å². The molecule has 2 heterocycles. The first kappa shape index (κ1) is 12.8. The van der Waals surface area contributed by atoms with Gasteiger partial charge in [0.15, 0.2) is 0 Å². The molecule has 1 fully saturated rings. The second kappa shape index (κ2) is 4.94. The van der Waals surface area contributed by atoms with Crippen molar-refractivity contribution in [3.8, 4) is 0 Å². The Bertz CT molecular complexity index is 388. The van der Waals surface area contributed by atoms with Crippen molar-refractivity contribution in [1.82, 2.24) is 15.0 Å². The van der Waals surface area contributed by atoms with Crippen LogP contribution in [-0.2, 0) is 0 Å². The van der Waals surface area contributed by atoms with Gasteiger partial charge in [-0.25, -0.2) is 0 Å². The zero-order chi connectivity index (χ0) is 12.5. The van der Waals surface area contributed by atoms with E-state index in [2.05, 4.69) is 33.7 Å². The van der Waals surface area contributed by atoms with Crippen LogP contribution in [-0.4, -0.2) is 28.0 Å². The second-order valence-electron chi connectivity index (χ2n) is 5.18. The van der Waals surface area contributed by atoms with Gasteiger partial charge in [0.25, 0.3) is 0 Å². The predicted molar refractivity (Wildman–Crippen MR) is 69.7 cm³/mol. The van der Waals surface area contributed by atoms with Crippen LogP contribution >= 0.6 is 23.2 Å². The van der Waals surface area contributed by atoms with Gasteiger partial charge < -0.3 is 4.90 Å². The van der Waals surface area contributed by atoms with Gasteiger partial charge >= 0.3 is 0 Å². The Kier molecular flexibility index (Phi) is 3.73. The summed E-state index contributed by atoms with van der Waals surface area (Å²) in [6, 6.07) is 0. The van der Waals surface area contributed by atoms with Crippen LogP contribution in [0.5, 0.6) is 0 Å². The van der Waals surface area contributed by atoms with Crippen molar-refractivity contribution in [2.75, 3.05) is 18.0 Å². The molecular weight excluding hydrogens is 259 g/mol. The maximum atomic E-state index is 5.79. The Morgan fingerprint density at radius 1 is 1.00 bits per heavy atom. The highest BCUT2D eigenvalue weighted by atomic mass is 35.5. The van der Waals surface area contributed by atoms with E-state index in [-0.39, 0.29) is 10.6 Å². The predicted octanol–water partition coefficient (Wildman–Crippen LogP) is 3.19. The van der Waals surface area contributed by atoms with Crippen LogP contribution in [0.2, 0.25) is 10.6 Å². The molecule has 0 aliphatic carbocycles. The topological polar surface area (TPSA) is 41.9 Å². The number of hydrogen-bond donors (Lipinski definition) is 0. The summed E-state index contributed by atoms with van der Waals surface area (Å²) in [6.07, 6.45) is 3.47. The summed E-state index contributed by atoms with van der Waals surface area (Å²) in [5.41, 5.74) is 0.384. The number of anilines is 1. The second-order valence-corrected chi connectivity index (χ2v) is 5.85. The van der Waals surface area contributed by atoms with E-state index in [4.69, 9.17) is 23.2 Å². The van der Waals surface area contributed by atoms with Gasteiger partial charge in [0, 0.05) is 13.1 Å². The van der Waals surface area contributed by atoms with Gasteiger partial charge in [-0.2, -0.15) is 15.0 Å². The lowest BCUT2D eigenvalue weighted by Gasteiger charge is -2.23. The number of rotatable bonds is 1. The van der Waals surface area contributed by atoms with E-state index >= 15 is 0 Å². The van der Waals surface area contributed by atoms with E-state index in [1.54, 1.807) is 0 Å². The number of halogens is 2. The molecule has 0 atom stereocenters. The third-order valence-electron chi connectivity index (χ3n) is 3.19. The molecule has 0 saturated carbocycles. The normalized spacial score (nSPS) is 20.1. The first-order valence-electron chi connectivity index (χ1n) is 5.78. The summed E-state index contributed by atoms with van der Waals surface area (Å²) >= 11 is 11.6. The van der Waals surface area contributed by atoms with Gasteiger partial charge in [0.05, 0.1) is 0 Å². The van der Waals surface area contributed by atoms with Crippen molar-refractivity contribution in [2.45, 2.75) is 33.1 Å². The molecule has 94 valence electrons. The molecule has 6 heteroatoms. The summed E-state index contributed by atoms with van der Waals surface area (Å²) in [4.78, 5) is 14.2. The van der Waals surface area contributed by atoms with E-state index in [9.17, 15) is 0 Å². The van der Waals surface area contributed by atoms with E-state index in [0.29, 0.717) is 11.4 Å². The molecule has 0 bridgehead atoms. The fourth-order valence-electron chi connectivity index (χ4n) is 2.08. The monoisotopic (exact) mass is 274 g/mol. The van der Waals surface area contributed by atoms with E-state index in [1.807, 2.05) is 0 Å². The molecule has 2 rings (SSSR count). The highest BCUT2D eigenvalue weighted by molar-refractivity contribution is 6.31. The summed E-state index contributed by atoms with van der Waals surface area (Å²) in [6.45, 7) is 6.47. The molecule has 0 spiro atoms. The molecule has 1 aromatic heterocycles. The minimum absolute atomic E-state index is 0.156. The lowest BCUT2D eigenvalue weighted by atomic mass is 9.85. The first-order valence-corrected chi connectivity index (χ1v) is 6.54. The standard InChI is InChI=1S/C11H16Cl2N4/c1-11(2)4-3-6-17(7-5-11)10-15-8(12)14-9(13)16-10/h3-7H2,1-2H3. The maximum absolute atomic E-state index is 5.79. The van der Waals surface area contributed by atoms with Gasteiger partial charge in [0.1, 0.15) is 0 Å². The average molecular weight is 275 g/mol. The van der Waals surface area contributed by atoms with Gasteiger partial charge in [-0.15, -0.1) is 0 Å². The van der Waals surface area contributed by atoms with Crippen LogP contribution in [0.25, 0.3) is 0 Å². The Hall–Kier alpha value is -0.610. The molecule has 0 unspecified atom stereocenters. The molecule has 1 aliphatic heterocycles. The van der Waals surface area contributed by atoms with Crippen molar-refractivity contribution in [3.63, 3.8) is 0 Å². The fourth-order valence-corrected chi connectivity index (χ4v) is 2.44. The van der Waals surface area contributed by atoms with E-state index < -0.39 is 0 Å². The quantitative estimate of drug-likeness (QED) is 0.789. The van der Waals surface area contributed by atoms with Gasteiger partial charge in [-0.05, 0) is 47.9 Å². The molecule has 17 heavy (non-hydrogen) atoms. The van der Waals surface area contributed by atoms with Crippen molar-refractivity contribution in [3.05, 3.63) is 10.6 Å². The van der Waals surface area contributed by atoms with Crippen molar-refractivity contribution < 1.29 is 0 Å². The molecule has 1 aromatic rings. The summed E-state index contributed by atoms with van der Waals surface area (Å²) in [5.74, 6) is 0.590. The lowest BCUT2D eigenvalue weighted by Crippen LogP contribution is -2.27. The van der Waals surface area contributed by atoms with E-state index in [0.717, 1.165) is 25.9 Å². The van der Waals surface area contributed by atoms with Crippen LogP contribution in [0.4, 0.5) is 5.95 Å². The van der Waals surface area contributed by atoms with Crippen molar-refractivity contribution in [2.24, 2.45) is 5.41 Å². The maximum Gasteiger partial charge on any atom is 0.230 e. The van der Waals surface area contributed by atoms with Gasteiger partial charge in [-0.3, -0.25) is 0 Å². The largest absolute Gasteiger partial charge is 0.341 e. The molecule has 0 N–H and O–H groups in total. The molecule has 4 nitrogen and oxygen atoms in total. The Morgan fingerprint density at radius 3 is 2.29 bits per heavy atom. The SMILES string of the molecule is CC1(C)CCCN(c2nc(Cl)nc(Cl)n2)CC1. The smallest absolute Gasteiger partial charge is 0.230 e. The molecule has 0 amide bonds. The Morgan fingerprint density at radius 2 is 1.65 bits per heavy atom. The van der Waals surface area contributed by atoms with Crippen LogP contribution in [0.15, 0.2) is 0 Å². The van der Waals surface area contributed by atoms with Crippen molar-refractivity contribution in [1.29, 1.82) is 0 Å². The third kappa shape index (κ3) is 3.42. The third-order valence-corrected chi connectivity index (χ3v) is 3.53. The minimum Gasteiger partial charge on any atom is -0.341 e. The zero-order valence-corrected chi connectivity index (χ0v) is 11.6. The van der Waals surface area contributed by atoms with Gasteiger partial charge in [0.2, 0.25) is 16.5 Å². The zero-order valence-electron chi connectivity index (χ0n) is 10.1. The minimum atomic E-state index is 0.156. The molecule has 1 aliphatic rings. The molecule has 1 saturated heterocycles. The highest BCUT2D eigenvalue weighted by Crippen LogP contribution is 2.31. The average Bonchev–Trinajstić information content (AvgIpc) is 2.38. The molecule has 0 aromatic carbocycles. The van der Waals surface area contributed by atoms with Crippen LogP contribution < -0.4 is 4.90 Å². The Balaban J connectivity index is 2.17. The van der Waals surface area contributed by atoms with Crippen molar-refractivity contribution >= 4 is 29.2 Å². The van der Waals surface area contributed by atoms with Gasteiger partial charge in [-0.1, -0.05) is 13.8 Å². The number of nitrogens with zero attached hydrogens (tertiary/aromatic N) is 4. The first-order chi connectivity index (χ1) is 7.96. The fraction of sp³-hybridized carbons (Fsp3) is 0.727. The molecule has 0 radical (unpaired) electrons. The summed E-state index contributed by atoms with van der Waals surface area (Å²) in [5, 5.41) is 0.312. The summed E-state index contributed by atoms with van der Waals surface area (Å²) < 4.78 is 0. The number of aromatic nitrogens is 3. The van der Waals surface area contributed by atoms with Crippen LogP contribution in [0, 0.1) is 5.41 Å². The summed E-state index contributed by atoms with van der Waals surface area (Å²) in [7, 11) is 0. The highest BCUT2D eigenvalue weighted by Gasteiger charge is 2.24. The lowest BCUT2D eigenvalue weighted by molar-refractivity contribution is 0.325. The number of hydrogen-bond acceptors (Lipinski definition) is 4. The van der Waals surface area contributed by atoms with E-state index in [1.165, 1.54) is 6.42 Å². The van der Waals surface area contributed by atoms with Crippen LogP contribution in [0.3, 0.4) is 0 Å².